The summed E-state index contributed by atoms with van der Waals surface area (Å²) in [5.41, 5.74) is -0.230. The highest BCUT2D eigenvalue weighted by atomic mass is 32.2. The van der Waals surface area contributed by atoms with E-state index in [1.165, 1.54) is 18.7 Å². The summed E-state index contributed by atoms with van der Waals surface area (Å²) >= 11 is 1.44. The quantitative estimate of drug-likeness (QED) is 0.753. The number of hydrogen-bond acceptors (Lipinski definition) is 3. The van der Waals surface area contributed by atoms with Gasteiger partial charge in [0.1, 0.15) is 17.7 Å². The highest BCUT2D eigenvalue weighted by Gasteiger charge is 2.20. The SMILES string of the molecule is CSCCC(NC(=O)Nc1cc(F)c(C)cc1F)C(=O)O. The monoisotopic (exact) mass is 318 g/mol. The van der Waals surface area contributed by atoms with Crippen molar-refractivity contribution in [2.24, 2.45) is 0 Å². The average Bonchev–Trinajstić information content (AvgIpc) is 2.40. The fourth-order valence-corrected chi connectivity index (χ4v) is 2.02. The summed E-state index contributed by atoms with van der Waals surface area (Å²) in [7, 11) is 0. The molecule has 1 aromatic rings. The number of carboxylic acids is 1. The maximum atomic E-state index is 13.6. The van der Waals surface area contributed by atoms with Crippen LogP contribution in [0, 0.1) is 18.6 Å². The van der Waals surface area contributed by atoms with Gasteiger partial charge in [-0.25, -0.2) is 18.4 Å². The Morgan fingerprint density at radius 1 is 1.33 bits per heavy atom. The Balaban J connectivity index is 2.72. The molecule has 0 aliphatic heterocycles. The number of aryl methyl sites for hydroxylation is 1. The number of anilines is 1. The normalized spacial score (nSPS) is 11.8. The van der Waals surface area contributed by atoms with Gasteiger partial charge in [0.05, 0.1) is 5.69 Å². The number of carboxylic acid groups (broad SMARTS) is 1. The summed E-state index contributed by atoms with van der Waals surface area (Å²) in [6.07, 6.45) is 2.04. The second-order valence-electron chi connectivity index (χ2n) is 4.35. The molecule has 0 bridgehead atoms. The third-order valence-electron chi connectivity index (χ3n) is 2.71. The number of carbonyl (C=O) groups excluding carboxylic acids is 1. The van der Waals surface area contributed by atoms with Crippen LogP contribution >= 0.6 is 11.8 Å². The standard InChI is InChI=1S/C13H16F2N2O3S/c1-7-5-9(15)11(6-8(7)14)17-13(20)16-10(12(18)19)3-4-21-2/h5-6,10H,3-4H2,1-2H3,(H,18,19)(H2,16,17,20). The molecule has 3 N–H and O–H groups in total. The van der Waals surface area contributed by atoms with Crippen molar-refractivity contribution >= 4 is 29.4 Å². The van der Waals surface area contributed by atoms with Gasteiger partial charge in [-0.3, -0.25) is 0 Å². The number of carbonyl (C=O) groups is 2. The van der Waals surface area contributed by atoms with Crippen LogP contribution in [0.15, 0.2) is 12.1 Å². The molecule has 2 amide bonds. The smallest absolute Gasteiger partial charge is 0.326 e. The highest BCUT2D eigenvalue weighted by Crippen LogP contribution is 2.18. The maximum Gasteiger partial charge on any atom is 0.326 e. The van der Waals surface area contributed by atoms with Gasteiger partial charge in [-0.05, 0) is 37.0 Å². The Hall–Kier alpha value is -1.83. The van der Waals surface area contributed by atoms with Gasteiger partial charge in [0.2, 0.25) is 0 Å². The van der Waals surface area contributed by atoms with Crippen LogP contribution in [0.3, 0.4) is 0 Å². The molecule has 1 unspecified atom stereocenters. The number of aliphatic carboxylic acids is 1. The molecular weight excluding hydrogens is 302 g/mol. The zero-order valence-corrected chi connectivity index (χ0v) is 12.4. The van der Waals surface area contributed by atoms with Crippen molar-refractivity contribution < 1.29 is 23.5 Å². The van der Waals surface area contributed by atoms with Gasteiger partial charge in [-0.1, -0.05) is 0 Å². The van der Waals surface area contributed by atoms with Crippen LogP contribution in [-0.4, -0.2) is 35.2 Å². The van der Waals surface area contributed by atoms with Crippen molar-refractivity contribution in [2.75, 3.05) is 17.3 Å². The molecule has 5 nitrogen and oxygen atoms in total. The minimum absolute atomic E-state index is 0.113. The van der Waals surface area contributed by atoms with Crippen molar-refractivity contribution in [3.05, 3.63) is 29.3 Å². The summed E-state index contributed by atoms with van der Waals surface area (Å²) in [5.74, 6) is -2.09. The van der Waals surface area contributed by atoms with E-state index < -0.39 is 29.7 Å². The second kappa shape index (κ2) is 7.82. The van der Waals surface area contributed by atoms with Crippen molar-refractivity contribution in [3.63, 3.8) is 0 Å². The molecule has 1 atom stereocenters. The topological polar surface area (TPSA) is 78.4 Å². The maximum absolute atomic E-state index is 13.6. The molecule has 0 radical (unpaired) electrons. The predicted molar refractivity (Wildman–Crippen MR) is 77.7 cm³/mol. The number of benzene rings is 1. The molecule has 0 aliphatic rings. The van der Waals surface area contributed by atoms with Crippen LogP contribution in [0.4, 0.5) is 19.3 Å². The average molecular weight is 318 g/mol. The Kier molecular flexibility index (Phi) is 6.41. The molecule has 0 heterocycles. The predicted octanol–water partition coefficient (Wildman–Crippen LogP) is 2.60. The van der Waals surface area contributed by atoms with E-state index in [0.29, 0.717) is 5.75 Å². The van der Waals surface area contributed by atoms with Crippen LogP contribution in [0.25, 0.3) is 0 Å². The van der Waals surface area contributed by atoms with E-state index in [4.69, 9.17) is 5.11 Å². The van der Waals surface area contributed by atoms with Gasteiger partial charge < -0.3 is 15.7 Å². The van der Waals surface area contributed by atoms with Gasteiger partial charge in [0, 0.05) is 6.07 Å². The van der Waals surface area contributed by atoms with Crippen molar-refractivity contribution in [1.82, 2.24) is 5.32 Å². The summed E-state index contributed by atoms with van der Waals surface area (Å²) in [5, 5.41) is 13.3. The minimum atomic E-state index is -1.19. The minimum Gasteiger partial charge on any atom is -0.480 e. The molecule has 0 fully saturated rings. The highest BCUT2D eigenvalue weighted by molar-refractivity contribution is 7.98. The molecule has 8 heteroatoms. The van der Waals surface area contributed by atoms with Gasteiger partial charge >= 0.3 is 12.0 Å². The van der Waals surface area contributed by atoms with E-state index in [2.05, 4.69) is 10.6 Å². The van der Waals surface area contributed by atoms with Crippen molar-refractivity contribution in [1.29, 1.82) is 0 Å². The van der Waals surface area contributed by atoms with Crippen molar-refractivity contribution in [2.45, 2.75) is 19.4 Å². The third-order valence-corrected chi connectivity index (χ3v) is 3.35. The Bertz CT molecular complexity index is 540. The van der Waals surface area contributed by atoms with Crippen LogP contribution in [0.5, 0.6) is 0 Å². The van der Waals surface area contributed by atoms with Crippen molar-refractivity contribution in [3.8, 4) is 0 Å². The molecule has 1 rings (SSSR count). The lowest BCUT2D eigenvalue weighted by Gasteiger charge is -2.15. The first-order valence-corrected chi connectivity index (χ1v) is 7.49. The number of halogens is 2. The largest absolute Gasteiger partial charge is 0.480 e. The molecule has 0 saturated heterocycles. The number of urea groups is 1. The summed E-state index contributed by atoms with van der Waals surface area (Å²) in [6, 6.07) is -0.184. The van der Waals surface area contributed by atoms with Gasteiger partial charge in [-0.15, -0.1) is 0 Å². The second-order valence-corrected chi connectivity index (χ2v) is 5.34. The summed E-state index contributed by atoms with van der Waals surface area (Å²) in [6.45, 7) is 1.39. The molecule has 1 aromatic carbocycles. The molecule has 21 heavy (non-hydrogen) atoms. The van der Waals surface area contributed by atoms with Crippen LogP contribution < -0.4 is 10.6 Å². The zero-order chi connectivity index (χ0) is 16.0. The molecule has 0 spiro atoms. The van der Waals surface area contributed by atoms with Gasteiger partial charge in [0.25, 0.3) is 0 Å². The van der Waals surface area contributed by atoms with E-state index in [1.54, 1.807) is 0 Å². The van der Waals surface area contributed by atoms with E-state index in [0.717, 1.165) is 12.1 Å². The first-order chi connectivity index (χ1) is 9.85. The molecular formula is C13H16F2N2O3S. The van der Waals surface area contributed by atoms with E-state index in [-0.39, 0.29) is 17.7 Å². The number of rotatable bonds is 6. The number of nitrogens with one attached hydrogen (secondary N) is 2. The van der Waals surface area contributed by atoms with E-state index in [9.17, 15) is 18.4 Å². The molecule has 0 saturated carbocycles. The molecule has 0 aliphatic carbocycles. The first kappa shape index (κ1) is 17.2. The number of hydrogen-bond donors (Lipinski definition) is 3. The number of thioether (sulfide) groups is 1. The van der Waals surface area contributed by atoms with Gasteiger partial charge in [-0.2, -0.15) is 11.8 Å². The lowest BCUT2D eigenvalue weighted by molar-refractivity contribution is -0.139. The molecule has 0 aromatic heterocycles. The Labute approximate surface area is 125 Å². The lowest BCUT2D eigenvalue weighted by atomic mass is 10.2. The lowest BCUT2D eigenvalue weighted by Crippen LogP contribution is -2.43. The number of amides is 2. The first-order valence-electron chi connectivity index (χ1n) is 6.10. The van der Waals surface area contributed by atoms with Crippen LogP contribution in [0.1, 0.15) is 12.0 Å². The molecule has 116 valence electrons. The third kappa shape index (κ3) is 5.22. The van der Waals surface area contributed by atoms with Crippen LogP contribution in [0.2, 0.25) is 0 Å². The van der Waals surface area contributed by atoms with Crippen LogP contribution in [-0.2, 0) is 4.79 Å². The Morgan fingerprint density at radius 3 is 2.57 bits per heavy atom. The fraction of sp³-hybridized carbons (Fsp3) is 0.385. The Morgan fingerprint density at radius 2 is 2.00 bits per heavy atom. The fourth-order valence-electron chi connectivity index (χ4n) is 1.55. The summed E-state index contributed by atoms with van der Waals surface area (Å²) < 4.78 is 26.9. The van der Waals surface area contributed by atoms with E-state index >= 15 is 0 Å². The van der Waals surface area contributed by atoms with E-state index in [1.807, 2.05) is 6.26 Å². The summed E-state index contributed by atoms with van der Waals surface area (Å²) in [4.78, 5) is 22.6. The van der Waals surface area contributed by atoms with Gasteiger partial charge in [0.15, 0.2) is 0 Å². The zero-order valence-electron chi connectivity index (χ0n) is 11.6.